The molecule has 8 heteroatoms. The van der Waals surface area contributed by atoms with Gasteiger partial charge >= 0.3 is 0 Å². The van der Waals surface area contributed by atoms with Gasteiger partial charge in [0.2, 0.25) is 0 Å². The van der Waals surface area contributed by atoms with E-state index in [9.17, 15) is 19.8 Å². The zero-order chi connectivity index (χ0) is 14.8. The van der Waals surface area contributed by atoms with Crippen LogP contribution in [0.2, 0.25) is 0 Å². The minimum Gasteiger partial charge on any atom is -0.393 e. The van der Waals surface area contributed by atoms with Crippen molar-refractivity contribution in [2.24, 2.45) is 5.11 Å². The lowest BCUT2D eigenvalue weighted by molar-refractivity contribution is -0.0243. The van der Waals surface area contributed by atoms with E-state index in [0.717, 1.165) is 4.90 Å². The van der Waals surface area contributed by atoms with Gasteiger partial charge in [0.15, 0.2) is 0 Å². The second kappa shape index (κ2) is 5.30. The summed E-state index contributed by atoms with van der Waals surface area (Å²) in [4.78, 5) is 27.5. The molecule has 1 aliphatic rings. The molecule has 0 bridgehead atoms. The van der Waals surface area contributed by atoms with Crippen LogP contribution in [0.3, 0.4) is 0 Å². The van der Waals surface area contributed by atoms with Crippen LogP contribution in [-0.2, 0) is 0 Å². The molecule has 20 heavy (non-hydrogen) atoms. The maximum atomic E-state index is 12.1. The minimum atomic E-state index is -1.85. The molecule has 1 heterocycles. The molecule has 1 aliphatic heterocycles. The van der Waals surface area contributed by atoms with E-state index in [1.807, 2.05) is 0 Å². The summed E-state index contributed by atoms with van der Waals surface area (Å²) in [6.07, 6.45) is 0. The van der Waals surface area contributed by atoms with Crippen molar-refractivity contribution in [3.63, 3.8) is 0 Å². The van der Waals surface area contributed by atoms with Crippen LogP contribution in [-0.4, -0.2) is 52.2 Å². The Bertz CT molecular complexity index is 576. The van der Waals surface area contributed by atoms with Crippen LogP contribution in [0.1, 0.15) is 20.7 Å². The minimum absolute atomic E-state index is 0.251. The Morgan fingerprint density at radius 1 is 1.25 bits per heavy atom. The fraction of sp³-hybridized carbons (Fsp3) is 0.333. The SMILES string of the molecule is [N-]=[N+]=NCC(O)(CO)CN1C(=O)c2ccccc2C1=O. The quantitative estimate of drug-likeness (QED) is 0.347. The third-order valence-corrected chi connectivity index (χ3v) is 3.05. The fourth-order valence-corrected chi connectivity index (χ4v) is 1.99. The van der Waals surface area contributed by atoms with Gasteiger partial charge in [-0.25, -0.2) is 0 Å². The van der Waals surface area contributed by atoms with Gasteiger partial charge < -0.3 is 10.2 Å². The molecule has 0 saturated heterocycles. The number of imide groups is 1. The number of nitrogens with zero attached hydrogens (tertiary/aromatic N) is 4. The van der Waals surface area contributed by atoms with E-state index in [-0.39, 0.29) is 11.1 Å². The van der Waals surface area contributed by atoms with Crippen molar-refractivity contribution in [3.8, 4) is 0 Å². The normalized spacial score (nSPS) is 16.6. The average molecular weight is 276 g/mol. The van der Waals surface area contributed by atoms with Crippen LogP contribution in [0.25, 0.3) is 10.4 Å². The molecule has 2 amide bonds. The zero-order valence-electron chi connectivity index (χ0n) is 10.4. The summed E-state index contributed by atoms with van der Waals surface area (Å²) in [6.45, 7) is -1.61. The molecule has 2 rings (SSSR count). The summed E-state index contributed by atoms with van der Waals surface area (Å²) >= 11 is 0. The monoisotopic (exact) mass is 276 g/mol. The van der Waals surface area contributed by atoms with E-state index in [0.29, 0.717) is 0 Å². The van der Waals surface area contributed by atoms with Gasteiger partial charge in [0, 0.05) is 4.91 Å². The van der Waals surface area contributed by atoms with Crippen molar-refractivity contribution >= 4 is 11.8 Å². The first-order valence-corrected chi connectivity index (χ1v) is 5.82. The fourth-order valence-electron chi connectivity index (χ4n) is 1.99. The molecule has 104 valence electrons. The van der Waals surface area contributed by atoms with Crippen molar-refractivity contribution in [2.75, 3.05) is 19.7 Å². The molecule has 0 radical (unpaired) electrons. The topological polar surface area (TPSA) is 127 Å². The summed E-state index contributed by atoms with van der Waals surface area (Å²) < 4.78 is 0. The number of aliphatic hydroxyl groups excluding tert-OH is 1. The summed E-state index contributed by atoms with van der Waals surface area (Å²) in [6, 6.07) is 6.29. The van der Waals surface area contributed by atoms with Crippen molar-refractivity contribution < 1.29 is 19.8 Å². The van der Waals surface area contributed by atoms with Crippen LogP contribution in [0.4, 0.5) is 0 Å². The number of benzene rings is 1. The molecule has 0 spiro atoms. The molecular formula is C12H12N4O4. The molecule has 0 fully saturated rings. The summed E-state index contributed by atoms with van der Waals surface area (Å²) in [5.74, 6) is -1.09. The lowest BCUT2D eigenvalue weighted by Gasteiger charge is -2.28. The maximum Gasteiger partial charge on any atom is 0.261 e. The van der Waals surface area contributed by atoms with E-state index in [2.05, 4.69) is 10.0 Å². The molecule has 1 aromatic carbocycles. The first-order valence-electron chi connectivity index (χ1n) is 5.82. The second-order valence-corrected chi connectivity index (χ2v) is 4.51. The van der Waals surface area contributed by atoms with Crippen LogP contribution >= 0.6 is 0 Å². The lowest BCUT2D eigenvalue weighted by Crippen LogP contribution is -2.50. The molecule has 0 aliphatic carbocycles. The van der Waals surface area contributed by atoms with Crippen LogP contribution in [0, 0.1) is 0 Å². The smallest absolute Gasteiger partial charge is 0.261 e. The maximum absolute atomic E-state index is 12.1. The molecule has 0 aromatic heterocycles. The third kappa shape index (κ3) is 2.35. The van der Waals surface area contributed by atoms with Gasteiger partial charge in [-0.05, 0) is 17.7 Å². The van der Waals surface area contributed by atoms with Gasteiger partial charge in [-0.3, -0.25) is 14.5 Å². The summed E-state index contributed by atoms with van der Waals surface area (Å²) in [7, 11) is 0. The molecule has 8 nitrogen and oxygen atoms in total. The number of carbonyl (C=O) groups is 2. The van der Waals surface area contributed by atoms with E-state index in [1.54, 1.807) is 12.1 Å². The Labute approximate surface area is 113 Å². The number of β-amino-alcohol motifs (C(OH)–C–C–N with tert-alkyl or cyclic N) is 1. The summed E-state index contributed by atoms with van der Waals surface area (Å²) in [5.41, 5.74) is 6.91. The first kappa shape index (κ1) is 14.0. The summed E-state index contributed by atoms with van der Waals surface area (Å²) in [5, 5.41) is 22.4. The first-order chi connectivity index (χ1) is 9.52. The second-order valence-electron chi connectivity index (χ2n) is 4.51. The number of fused-ring (bicyclic) bond motifs is 1. The Balaban J connectivity index is 2.25. The Hall–Kier alpha value is -2.41. The number of amides is 2. The predicted molar refractivity (Wildman–Crippen MR) is 67.9 cm³/mol. The third-order valence-electron chi connectivity index (χ3n) is 3.05. The highest BCUT2D eigenvalue weighted by Crippen LogP contribution is 2.24. The molecule has 1 aromatic rings. The van der Waals surface area contributed by atoms with Gasteiger partial charge in [0.25, 0.3) is 11.8 Å². The van der Waals surface area contributed by atoms with E-state index in [4.69, 9.17) is 5.53 Å². The predicted octanol–water partition coefficient (Wildman–Crippen LogP) is 0.316. The van der Waals surface area contributed by atoms with Crippen molar-refractivity contribution in [1.82, 2.24) is 4.90 Å². The highest BCUT2D eigenvalue weighted by atomic mass is 16.3. The van der Waals surface area contributed by atoms with Crippen molar-refractivity contribution in [3.05, 3.63) is 45.8 Å². The number of hydrogen-bond acceptors (Lipinski definition) is 5. The van der Waals surface area contributed by atoms with Gasteiger partial charge in [-0.1, -0.05) is 17.2 Å². The van der Waals surface area contributed by atoms with Gasteiger partial charge in [0.1, 0.15) is 5.60 Å². The Kier molecular flexibility index (Phi) is 3.71. The standard InChI is InChI=1S/C12H12N4O4/c13-15-14-5-12(20,7-17)6-16-10(18)8-3-1-2-4-9(8)11(16)19/h1-4,17,20H,5-7H2. The number of carbonyl (C=O) groups excluding carboxylic acids is 2. The molecule has 1 atom stereocenters. The molecule has 1 unspecified atom stereocenters. The number of rotatable bonds is 5. The highest BCUT2D eigenvalue weighted by molar-refractivity contribution is 6.21. The van der Waals surface area contributed by atoms with Gasteiger partial charge in [-0.15, -0.1) is 0 Å². The Morgan fingerprint density at radius 3 is 2.25 bits per heavy atom. The van der Waals surface area contributed by atoms with Crippen molar-refractivity contribution in [1.29, 1.82) is 0 Å². The van der Waals surface area contributed by atoms with Crippen LogP contribution < -0.4 is 0 Å². The van der Waals surface area contributed by atoms with Crippen LogP contribution in [0.15, 0.2) is 29.4 Å². The molecule has 0 saturated carbocycles. The number of azide groups is 1. The van der Waals surface area contributed by atoms with Crippen LogP contribution in [0.5, 0.6) is 0 Å². The Morgan fingerprint density at radius 2 is 1.80 bits per heavy atom. The zero-order valence-corrected chi connectivity index (χ0v) is 10.4. The van der Waals surface area contributed by atoms with Crippen molar-refractivity contribution in [2.45, 2.75) is 5.60 Å². The largest absolute Gasteiger partial charge is 0.393 e. The molecule has 2 N–H and O–H groups in total. The molecular weight excluding hydrogens is 264 g/mol. The van der Waals surface area contributed by atoms with E-state index >= 15 is 0 Å². The van der Waals surface area contributed by atoms with E-state index < -0.39 is 37.1 Å². The average Bonchev–Trinajstić information content (AvgIpc) is 2.71. The van der Waals surface area contributed by atoms with Gasteiger partial charge in [0.05, 0.1) is 30.8 Å². The highest BCUT2D eigenvalue weighted by Gasteiger charge is 2.40. The lowest BCUT2D eigenvalue weighted by atomic mass is 10.1. The van der Waals surface area contributed by atoms with E-state index in [1.165, 1.54) is 12.1 Å². The number of hydrogen-bond donors (Lipinski definition) is 2. The van der Waals surface area contributed by atoms with Gasteiger partial charge in [-0.2, -0.15) is 0 Å². The number of aliphatic hydroxyl groups is 2.